The van der Waals surface area contributed by atoms with Crippen molar-refractivity contribution in [2.75, 3.05) is 6.61 Å². The first-order valence-electron chi connectivity index (χ1n) is 5.54. The van der Waals surface area contributed by atoms with Gasteiger partial charge < -0.3 is 10.5 Å². The van der Waals surface area contributed by atoms with Crippen LogP contribution in [0.15, 0.2) is 18.2 Å². The smallest absolute Gasteiger partial charge is 0.131 e. The van der Waals surface area contributed by atoms with Crippen molar-refractivity contribution in [1.82, 2.24) is 0 Å². The van der Waals surface area contributed by atoms with Crippen molar-refractivity contribution in [2.45, 2.75) is 33.7 Å². The van der Waals surface area contributed by atoms with Crippen LogP contribution in [0, 0.1) is 11.2 Å². The summed E-state index contributed by atoms with van der Waals surface area (Å²) in [6, 6.07) is 4.80. The molecule has 0 aliphatic heterocycles. The fraction of sp³-hybridized carbons (Fsp3) is 0.538. The Kier molecular flexibility index (Phi) is 4.30. The molecule has 0 fully saturated rings. The molecule has 0 saturated heterocycles. The number of hydrogen-bond acceptors (Lipinski definition) is 2. The van der Waals surface area contributed by atoms with Gasteiger partial charge >= 0.3 is 0 Å². The van der Waals surface area contributed by atoms with Crippen LogP contribution in [0.4, 0.5) is 4.39 Å². The number of hydrogen-bond donors (Lipinski definition) is 1. The highest BCUT2D eigenvalue weighted by molar-refractivity contribution is 5.34. The van der Waals surface area contributed by atoms with Gasteiger partial charge in [-0.05, 0) is 24.0 Å². The molecular weight excluding hydrogens is 205 g/mol. The second-order valence-electron chi connectivity index (χ2n) is 5.08. The summed E-state index contributed by atoms with van der Waals surface area (Å²) in [4.78, 5) is 0. The summed E-state index contributed by atoms with van der Waals surface area (Å²) in [6.07, 6.45) is 0.924. The normalized spacial score (nSPS) is 11.6. The summed E-state index contributed by atoms with van der Waals surface area (Å²) >= 11 is 0. The van der Waals surface area contributed by atoms with Crippen LogP contribution in [0.5, 0.6) is 5.75 Å². The maximum atomic E-state index is 13.4. The minimum Gasteiger partial charge on any atom is -0.493 e. The summed E-state index contributed by atoms with van der Waals surface area (Å²) in [5, 5.41) is 0. The van der Waals surface area contributed by atoms with Crippen LogP contribution in [0.3, 0.4) is 0 Å². The van der Waals surface area contributed by atoms with Gasteiger partial charge in [0, 0.05) is 12.1 Å². The van der Waals surface area contributed by atoms with Crippen molar-refractivity contribution in [2.24, 2.45) is 11.1 Å². The van der Waals surface area contributed by atoms with Crippen LogP contribution in [0.2, 0.25) is 0 Å². The van der Waals surface area contributed by atoms with Gasteiger partial charge in [-0.25, -0.2) is 4.39 Å². The highest BCUT2D eigenvalue weighted by Crippen LogP contribution is 2.23. The van der Waals surface area contributed by atoms with Gasteiger partial charge in [0.25, 0.3) is 0 Å². The maximum Gasteiger partial charge on any atom is 0.131 e. The predicted octanol–water partition coefficient (Wildman–Crippen LogP) is 3.10. The molecule has 2 N–H and O–H groups in total. The minimum absolute atomic E-state index is 0.164. The number of halogens is 1. The SMILES string of the molecule is CC(C)(C)CCOc1cccc(F)c1CN. The molecule has 1 aromatic rings. The molecule has 0 unspecified atom stereocenters. The van der Waals surface area contributed by atoms with Crippen molar-refractivity contribution in [1.29, 1.82) is 0 Å². The molecule has 90 valence electrons. The first-order chi connectivity index (χ1) is 7.44. The van der Waals surface area contributed by atoms with Gasteiger partial charge in [-0.3, -0.25) is 0 Å². The van der Waals surface area contributed by atoms with Crippen LogP contribution in [-0.2, 0) is 6.54 Å². The molecule has 0 atom stereocenters. The van der Waals surface area contributed by atoms with Crippen molar-refractivity contribution in [3.63, 3.8) is 0 Å². The lowest BCUT2D eigenvalue weighted by molar-refractivity contribution is 0.240. The average Bonchev–Trinajstić information content (AvgIpc) is 2.16. The summed E-state index contributed by atoms with van der Waals surface area (Å²) in [7, 11) is 0. The lowest BCUT2D eigenvalue weighted by Crippen LogP contribution is -2.12. The standard InChI is InChI=1S/C13H20FNO/c1-13(2,3)7-8-16-12-6-4-5-11(14)10(12)9-15/h4-6H,7-9,15H2,1-3H3. The molecule has 0 saturated carbocycles. The van der Waals surface area contributed by atoms with Gasteiger partial charge in [-0.2, -0.15) is 0 Å². The van der Waals surface area contributed by atoms with Crippen molar-refractivity contribution in [3.05, 3.63) is 29.6 Å². The molecule has 0 aliphatic rings. The van der Waals surface area contributed by atoms with E-state index in [1.54, 1.807) is 12.1 Å². The molecule has 1 aromatic carbocycles. The molecule has 0 amide bonds. The molecule has 3 heteroatoms. The Morgan fingerprint density at radius 3 is 2.56 bits per heavy atom. The summed E-state index contributed by atoms with van der Waals surface area (Å²) < 4.78 is 18.9. The summed E-state index contributed by atoms with van der Waals surface area (Å²) in [6.45, 7) is 7.18. The highest BCUT2D eigenvalue weighted by Gasteiger charge is 2.12. The number of nitrogens with two attached hydrogens (primary N) is 1. The lowest BCUT2D eigenvalue weighted by atomic mass is 9.93. The minimum atomic E-state index is -0.296. The third-order valence-corrected chi connectivity index (χ3v) is 2.39. The molecule has 0 aromatic heterocycles. The second-order valence-corrected chi connectivity index (χ2v) is 5.08. The van der Waals surface area contributed by atoms with Crippen molar-refractivity contribution < 1.29 is 9.13 Å². The van der Waals surface area contributed by atoms with Crippen molar-refractivity contribution >= 4 is 0 Å². The fourth-order valence-corrected chi connectivity index (χ4v) is 1.34. The van der Waals surface area contributed by atoms with Gasteiger partial charge in [-0.1, -0.05) is 26.8 Å². The molecule has 0 aliphatic carbocycles. The largest absolute Gasteiger partial charge is 0.493 e. The van der Waals surface area contributed by atoms with Crippen LogP contribution < -0.4 is 10.5 Å². The van der Waals surface area contributed by atoms with Gasteiger partial charge in [0.15, 0.2) is 0 Å². The monoisotopic (exact) mass is 225 g/mol. The third kappa shape index (κ3) is 3.81. The molecule has 0 spiro atoms. The Bertz CT molecular complexity index is 344. The Hall–Kier alpha value is -1.09. The second kappa shape index (κ2) is 5.30. The van der Waals surface area contributed by atoms with E-state index in [1.807, 2.05) is 0 Å². The fourth-order valence-electron chi connectivity index (χ4n) is 1.34. The van der Waals surface area contributed by atoms with Gasteiger partial charge in [0.2, 0.25) is 0 Å². The molecule has 1 rings (SSSR count). The first-order valence-corrected chi connectivity index (χ1v) is 5.54. The van der Waals surface area contributed by atoms with E-state index in [-0.39, 0.29) is 17.8 Å². The highest BCUT2D eigenvalue weighted by atomic mass is 19.1. The van der Waals surface area contributed by atoms with E-state index in [2.05, 4.69) is 20.8 Å². The molecule has 0 bridgehead atoms. The number of ether oxygens (including phenoxy) is 1. The van der Waals surface area contributed by atoms with E-state index in [0.717, 1.165) is 6.42 Å². The van der Waals surface area contributed by atoms with Crippen LogP contribution in [0.1, 0.15) is 32.8 Å². The molecule has 0 heterocycles. The molecule has 0 radical (unpaired) electrons. The Morgan fingerprint density at radius 1 is 1.31 bits per heavy atom. The van der Waals surface area contributed by atoms with E-state index >= 15 is 0 Å². The lowest BCUT2D eigenvalue weighted by Gasteiger charge is -2.19. The summed E-state index contributed by atoms with van der Waals surface area (Å²) in [5.74, 6) is 0.266. The Balaban J connectivity index is 2.64. The molecule has 2 nitrogen and oxygen atoms in total. The zero-order chi connectivity index (χ0) is 12.2. The van der Waals surface area contributed by atoms with Crippen LogP contribution >= 0.6 is 0 Å². The molecule has 16 heavy (non-hydrogen) atoms. The third-order valence-electron chi connectivity index (χ3n) is 2.39. The maximum absolute atomic E-state index is 13.4. The number of benzene rings is 1. The van der Waals surface area contributed by atoms with Crippen LogP contribution in [-0.4, -0.2) is 6.61 Å². The van der Waals surface area contributed by atoms with Gasteiger partial charge in [0.05, 0.1) is 6.61 Å². The van der Waals surface area contributed by atoms with Crippen molar-refractivity contribution in [3.8, 4) is 5.75 Å². The summed E-state index contributed by atoms with van der Waals surface area (Å²) in [5.41, 5.74) is 6.16. The van der Waals surface area contributed by atoms with E-state index in [0.29, 0.717) is 17.9 Å². The first kappa shape index (κ1) is 13.0. The van der Waals surface area contributed by atoms with Gasteiger partial charge in [-0.15, -0.1) is 0 Å². The van der Waals surface area contributed by atoms with E-state index in [9.17, 15) is 4.39 Å². The van der Waals surface area contributed by atoms with E-state index in [1.165, 1.54) is 6.07 Å². The predicted molar refractivity (Wildman–Crippen MR) is 63.9 cm³/mol. The Labute approximate surface area is 96.6 Å². The van der Waals surface area contributed by atoms with E-state index < -0.39 is 0 Å². The topological polar surface area (TPSA) is 35.2 Å². The van der Waals surface area contributed by atoms with E-state index in [4.69, 9.17) is 10.5 Å². The zero-order valence-electron chi connectivity index (χ0n) is 10.2. The van der Waals surface area contributed by atoms with Gasteiger partial charge in [0.1, 0.15) is 11.6 Å². The van der Waals surface area contributed by atoms with Crippen LogP contribution in [0.25, 0.3) is 0 Å². The zero-order valence-corrected chi connectivity index (χ0v) is 10.2. The molecular formula is C13H20FNO. The quantitative estimate of drug-likeness (QED) is 0.854. The Morgan fingerprint density at radius 2 is 2.00 bits per heavy atom. The average molecular weight is 225 g/mol. The number of rotatable bonds is 4.